The second kappa shape index (κ2) is 12.2. The van der Waals surface area contributed by atoms with Gasteiger partial charge in [0.2, 0.25) is 0 Å². The van der Waals surface area contributed by atoms with Gasteiger partial charge in [0.15, 0.2) is 5.12 Å². The zero-order valence-corrected chi connectivity index (χ0v) is 10.5. The molecule has 0 amide bonds. The van der Waals surface area contributed by atoms with Crippen LogP contribution in [0.2, 0.25) is 0 Å². The Kier molecular flexibility index (Phi) is 23.0. The molecule has 0 aliphatic heterocycles. The van der Waals surface area contributed by atoms with E-state index in [9.17, 15) is 9.90 Å². The van der Waals surface area contributed by atoms with Crippen molar-refractivity contribution in [3.05, 3.63) is 0 Å². The van der Waals surface area contributed by atoms with Gasteiger partial charge in [-0.1, -0.05) is 5.05 Å². The fraction of sp³-hybridized carbons (Fsp3) is 0.500. The van der Waals surface area contributed by atoms with Gasteiger partial charge in [0.25, 0.3) is 0 Å². The maximum Gasteiger partial charge on any atom is 1.00 e. The normalized spacial score (nSPS) is 5.67. The summed E-state index contributed by atoms with van der Waals surface area (Å²) in [6.07, 6.45) is 0. The van der Waals surface area contributed by atoms with Crippen molar-refractivity contribution in [3.63, 3.8) is 0 Å². The summed E-state index contributed by atoms with van der Waals surface area (Å²) in [5.74, 6) is 0. The van der Waals surface area contributed by atoms with E-state index >= 15 is 0 Å². The van der Waals surface area contributed by atoms with Gasteiger partial charge >= 0.3 is 51.4 Å². The molecule has 0 atom stereocenters. The topological polar surface area (TPSA) is 40.1 Å². The molecule has 2 nitrogen and oxygen atoms in total. The van der Waals surface area contributed by atoms with Gasteiger partial charge in [-0.3, -0.25) is 4.79 Å². The fourth-order valence-electron chi connectivity index (χ4n) is 0. The summed E-state index contributed by atoms with van der Waals surface area (Å²) in [6.45, 7) is 2.73. The van der Waals surface area contributed by atoms with Crippen molar-refractivity contribution in [3.8, 4) is 0 Å². The molecule has 0 saturated heterocycles. The number of thiol groups is 1. The second-order valence-electron chi connectivity index (χ2n) is 1.01. The summed E-state index contributed by atoms with van der Waals surface area (Å²) in [4.78, 5) is 9.31. The molecule has 0 spiro atoms. The Bertz CT molecular complexity index is 74.6. The molecule has 0 aromatic rings. The molecule has 0 aliphatic rings. The van der Waals surface area contributed by atoms with Gasteiger partial charge in [0.1, 0.15) is 0 Å². The van der Waals surface area contributed by atoms with Crippen LogP contribution in [0.15, 0.2) is 0 Å². The van der Waals surface area contributed by atoms with Gasteiger partial charge in [-0.25, -0.2) is 0 Å². The van der Waals surface area contributed by atoms with Crippen LogP contribution in [0.3, 0.4) is 0 Å². The first-order valence-electron chi connectivity index (χ1n) is 1.84. The van der Waals surface area contributed by atoms with Crippen LogP contribution in [0.25, 0.3) is 0 Å². The van der Waals surface area contributed by atoms with E-state index in [2.05, 4.69) is 24.8 Å². The Morgan fingerprint density at radius 1 is 1.56 bits per heavy atom. The summed E-state index contributed by atoms with van der Waals surface area (Å²) in [6, 6.07) is 0. The molecule has 0 rings (SSSR count). The molecule has 0 aromatic heterocycles. The molecule has 0 unspecified atom stereocenters. The standard InChI is InChI=1S/2C2H4OS.K/c2*1-2(3)4;/h2*1H3,(H,3,4);/q;;+1/p-1. The van der Waals surface area contributed by atoms with Crippen molar-refractivity contribution < 1.29 is 61.3 Å². The van der Waals surface area contributed by atoms with Gasteiger partial charge in [0, 0.05) is 6.92 Å². The van der Waals surface area contributed by atoms with Crippen LogP contribution in [0.1, 0.15) is 13.8 Å². The van der Waals surface area contributed by atoms with E-state index in [4.69, 9.17) is 0 Å². The van der Waals surface area contributed by atoms with Crippen LogP contribution in [0, 0.1) is 0 Å². The summed E-state index contributed by atoms with van der Waals surface area (Å²) < 4.78 is 0. The van der Waals surface area contributed by atoms with Gasteiger partial charge in [0.05, 0.1) is 0 Å². The third-order valence-electron chi connectivity index (χ3n) is 0. The zero-order valence-electron chi connectivity index (χ0n) is 5.67. The molecular weight excluding hydrogens is 183 g/mol. The van der Waals surface area contributed by atoms with Crippen LogP contribution in [0.5, 0.6) is 0 Å². The largest absolute Gasteiger partial charge is 1.00 e. The molecule has 0 N–H and O–H groups in total. The van der Waals surface area contributed by atoms with E-state index in [0.29, 0.717) is 0 Å². The predicted octanol–water partition coefficient (Wildman–Crippen LogP) is -2.84. The Morgan fingerprint density at radius 3 is 1.56 bits per heavy atom. The van der Waals surface area contributed by atoms with E-state index < -0.39 is 0 Å². The number of thiocarbonyl (C=S) groups is 1. The van der Waals surface area contributed by atoms with Crippen LogP contribution in [0.4, 0.5) is 0 Å². The monoisotopic (exact) mass is 190 g/mol. The summed E-state index contributed by atoms with van der Waals surface area (Å²) >= 11 is 7.31. The zero-order chi connectivity index (χ0) is 7.15. The molecule has 0 aromatic carbocycles. The average molecular weight is 190 g/mol. The first-order valence-corrected chi connectivity index (χ1v) is 2.69. The SMILES string of the molecule is CC(=O)S.CC([O-])=S.[K+]. The van der Waals surface area contributed by atoms with Crippen molar-refractivity contribution in [1.82, 2.24) is 0 Å². The minimum atomic E-state index is -0.250. The molecule has 0 bridgehead atoms. The van der Waals surface area contributed by atoms with Crippen molar-refractivity contribution >= 4 is 35.0 Å². The van der Waals surface area contributed by atoms with E-state index in [0.717, 1.165) is 0 Å². The number of carbonyl (C=O) groups excluding carboxylic acids is 1. The minimum absolute atomic E-state index is 0. The van der Waals surface area contributed by atoms with Gasteiger partial charge in [-0.05, 0) is 6.92 Å². The Balaban J connectivity index is -0.0000000720. The third-order valence-corrected chi connectivity index (χ3v) is 0. The molecule has 9 heavy (non-hydrogen) atoms. The second-order valence-corrected chi connectivity index (χ2v) is 2.22. The fourth-order valence-corrected chi connectivity index (χ4v) is 0. The molecule has 0 aliphatic carbocycles. The number of hydrogen-bond acceptors (Lipinski definition) is 3. The first-order chi connectivity index (χ1) is 3.46. The quantitative estimate of drug-likeness (QED) is 0.254. The molecule has 0 saturated carbocycles. The van der Waals surface area contributed by atoms with Crippen molar-refractivity contribution in [2.45, 2.75) is 13.8 Å². The molecule has 48 valence electrons. The van der Waals surface area contributed by atoms with Crippen LogP contribution in [-0.4, -0.2) is 10.2 Å². The van der Waals surface area contributed by atoms with E-state index in [-0.39, 0.29) is 61.6 Å². The maximum atomic E-state index is 9.31. The van der Waals surface area contributed by atoms with Crippen molar-refractivity contribution in [1.29, 1.82) is 0 Å². The van der Waals surface area contributed by atoms with Crippen LogP contribution in [-0.2, 0) is 4.79 Å². The van der Waals surface area contributed by atoms with Gasteiger partial charge in [-0.15, -0.1) is 24.8 Å². The third kappa shape index (κ3) is 227. The smallest absolute Gasteiger partial charge is 0.868 e. The van der Waals surface area contributed by atoms with Crippen molar-refractivity contribution in [2.24, 2.45) is 0 Å². The average Bonchev–Trinajstić information content (AvgIpc) is 1.25. The van der Waals surface area contributed by atoms with E-state index in [1.54, 1.807) is 0 Å². The minimum Gasteiger partial charge on any atom is -0.868 e. The Hall–Kier alpha value is 1.55. The van der Waals surface area contributed by atoms with Gasteiger partial charge < -0.3 is 5.11 Å². The maximum absolute atomic E-state index is 9.31. The number of hydrogen-bond donors (Lipinski definition) is 1. The van der Waals surface area contributed by atoms with E-state index in [1.807, 2.05) is 0 Å². The molecule has 0 radical (unpaired) electrons. The van der Waals surface area contributed by atoms with E-state index in [1.165, 1.54) is 13.8 Å². The summed E-state index contributed by atoms with van der Waals surface area (Å²) in [7, 11) is 0. The van der Waals surface area contributed by atoms with Crippen LogP contribution >= 0.6 is 24.8 Å². The molecule has 0 heterocycles. The molecule has 0 fully saturated rings. The summed E-state index contributed by atoms with van der Waals surface area (Å²) in [5.41, 5.74) is 0. The molecular formula is C4H7KO2S2. The van der Waals surface area contributed by atoms with Crippen molar-refractivity contribution in [2.75, 3.05) is 0 Å². The predicted molar refractivity (Wildman–Crippen MR) is 37.9 cm³/mol. The van der Waals surface area contributed by atoms with Crippen LogP contribution < -0.4 is 56.5 Å². The first kappa shape index (κ1) is 16.9. The number of carbonyl (C=O) groups is 1. The molecule has 5 heteroatoms. The summed E-state index contributed by atoms with van der Waals surface area (Å²) in [5, 5.41) is 8.87. The Labute approximate surface area is 108 Å². The van der Waals surface area contributed by atoms with Gasteiger partial charge in [-0.2, -0.15) is 0 Å². The number of rotatable bonds is 0. The Morgan fingerprint density at radius 2 is 1.56 bits per heavy atom.